The van der Waals surface area contributed by atoms with Gasteiger partial charge in [-0.3, -0.25) is 14.7 Å². The number of nitrogens with zero attached hydrogens (tertiary/aromatic N) is 3. The average molecular weight is 452 g/mol. The molecule has 0 fully saturated rings. The van der Waals surface area contributed by atoms with Gasteiger partial charge in [0.25, 0.3) is 5.91 Å². The Morgan fingerprint density at radius 1 is 1.07 bits per heavy atom. The Hall–Kier alpha value is -2.57. The van der Waals surface area contributed by atoms with Crippen LogP contribution in [0.5, 0.6) is 0 Å². The van der Waals surface area contributed by atoms with Crippen LogP contribution in [0.2, 0.25) is 0 Å². The van der Waals surface area contributed by atoms with Crippen molar-refractivity contribution in [3.63, 3.8) is 0 Å². The predicted molar refractivity (Wildman–Crippen MR) is 118 cm³/mol. The SMILES string of the molecule is Cc1ccc2sc(N(Cc3ccccn3)C(=O)c3ccc(Br)cc3)nc2c1C. The standard InChI is InChI=1S/C22H18BrN3OS/c1-14-6-11-19-20(15(14)2)25-22(28-19)26(13-18-5-3-4-12-24-18)21(27)16-7-9-17(23)10-8-16/h3-12H,13H2,1-2H3. The number of benzene rings is 2. The van der Waals surface area contributed by atoms with E-state index in [1.54, 1.807) is 11.1 Å². The molecule has 0 bridgehead atoms. The fraction of sp³-hybridized carbons (Fsp3) is 0.136. The largest absolute Gasteiger partial charge is 0.278 e. The van der Waals surface area contributed by atoms with E-state index in [1.807, 2.05) is 42.5 Å². The molecule has 0 atom stereocenters. The van der Waals surface area contributed by atoms with E-state index in [4.69, 9.17) is 4.98 Å². The van der Waals surface area contributed by atoms with Crippen molar-refractivity contribution < 1.29 is 4.79 Å². The lowest BCUT2D eigenvalue weighted by Gasteiger charge is -2.19. The molecule has 0 spiro atoms. The fourth-order valence-corrected chi connectivity index (χ4v) is 4.25. The number of hydrogen-bond acceptors (Lipinski definition) is 4. The molecule has 28 heavy (non-hydrogen) atoms. The smallest absolute Gasteiger partial charge is 0.260 e. The summed E-state index contributed by atoms with van der Waals surface area (Å²) >= 11 is 4.95. The molecule has 4 nitrogen and oxygen atoms in total. The van der Waals surface area contributed by atoms with Crippen LogP contribution in [0, 0.1) is 13.8 Å². The van der Waals surface area contributed by atoms with Crippen LogP contribution in [0.25, 0.3) is 10.2 Å². The van der Waals surface area contributed by atoms with Crippen LogP contribution in [0.4, 0.5) is 5.13 Å². The summed E-state index contributed by atoms with van der Waals surface area (Å²) in [7, 11) is 0. The van der Waals surface area contributed by atoms with Crippen molar-refractivity contribution in [1.82, 2.24) is 9.97 Å². The van der Waals surface area contributed by atoms with E-state index in [0.29, 0.717) is 17.2 Å². The zero-order valence-electron chi connectivity index (χ0n) is 15.5. The third kappa shape index (κ3) is 3.70. The van der Waals surface area contributed by atoms with E-state index in [2.05, 4.69) is 46.9 Å². The van der Waals surface area contributed by atoms with Gasteiger partial charge in [-0.05, 0) is 67.4 Å². The number of aryl methyl sites for hydroxylation is 2. The molecule has 2 aromatic heterocycles. The van der Waals surface area contributed by atoms with Crippen molar-refractivity contribution in [3.8, 4) is 0 Å². The number of thiazole rings is 1. The van der Waals surface area contributed by atoms with Crippen LogP contribution < -0.4 is 4.90 Å². The minimum atomic E-state index is -0.0911. The second-order valence-electron chi connectivity index (χ2n) is 6.57. The Morgan fingerprint density at radius 2 is 1.86 bits per heavy atom. The van der Waals surface area contributed by atoms with E-state index < -0.39 is 0 Å². The summed E-state index contributed by atoms with van der Waals surface area (Å²) < 4.78 is 2.01. The zero-order valence-corrected chi connectivity index (χ0v) is 17.9. The van der Waals surface area contributed by atoms with Gasteiger partial charge < -0.3 is 0 Å². The van der Waals surface area contributed by atoms with Crippen LogP contribution in [0.15, 0.2) is 65.3 Å². The monoisotopic (exact) mass is 451 g/mol. The molecule has 140 valence electrons. The molecule has 0 saturated carbocycles. The molecular formula is C22H18BrN3OS. The first-order chi connectivity index (χ1) is 13.5. The number of aromatic nitrogens is 2. The van der Waals surface area contributed by atoms with Gasteiger partial charge in [-0.15, -0.1) is 0 Å². The molecule has 2 aromatic carbocycles. The summed E-state index contributed by atoms with van der Waals surface area (Å²) in [5.41, 5.74) is 4.73. The topological polar surface area (TPSA) is 46.1 Å². The Labute approximate surface area is 176 Å². The van der Waals surface area contributed by atoms with Gasteiger partial charge in [-0.2, -0.15) is 0 Å². The molecule has 1 amide bonds. The molecule has 0 N–H and O–H groups in total. The first-order valence-electron chi connectivity index (χ1n) is 8.87. The van der Waals surface area contributed by atoms with Gasteiger partial charge in [0, 0.05) is 16.2 Å². The molecule has 0 aliphatic carbocycles. The predicted octanol–water partition coefficient (Wildman–Crippen LogP) is 5.92. The van der Waals surface area contributed by atoms with Crippen molar-refractivity contribution in [1.29, 1.82) is 0 Å². The fourth-order valence-electron chi connectivity index (χ4n) is 2.96. The van der Waals surface area contributed by atoms with Gasteiger partial charge in [0.2, 0.25) is 0 Å². The summed E-state index contributed by atoms with van der Waals surface area (Å²) in [5, 5.41) is 0.683. The van der Waals surface area contributed by atoms with Crippen LogP contribution >= 0.6 is 27.3 Å². The third-order valence-electron chi connectivity index (χ3n) is 4.69. The van der Waals surface area contributed by atoms with Gasteiger partial charge in [0.05, 0.1) is 22.5 Å². The molecule has 0 radical (unpaired) electrons. The van der Waals surface area contributed by atoms with Crippen molar-refractivity contribution >= 4 is 48.5 Å². The lowest BCUT2D eigenvalue weighted by Crippen LogP contribution is -2.30. The van der Waals surface area contributed by atoms with Gasteiger partial charge in [0.15, 0.2) is 5.13 Å². The second kappa shape index (κ2) is 7.81. The number of carbonyl (C=O) groups is 1. The Bertz CT molecular complexity index is 1140. The number of anilines is 1. The van der Waals surface area contributed by atoms with Crippen molar-refractivity contribution in [2.24, 2.45) is 0 Å². The summed E-state index contributed by atoms with van der Waals surface area (Å²) in [5.74, 6) is -0.0911. The highest BCUT2D eigenvalue weighted by molar-refractivity contribution is 9.10. The summed E-state index contributed by atoms with van der Waals surface area (Å²) in [4.78, 5) is 24.3. The van der Waals surface area contributed by atoms with Crippen LogP contribution in [0.1, 0.15) is 27.2 Å². The maximum absolute atomic E-state index is 13.3. The lowest BCUT2D eigenvalue weighted by molar-refractivity contribution is 0.0985. The van der Waals surface area contributed by atoms with E-state index in [9.17, 15) is 4.79 Å². The van der Waals surface area contributed by atoms with Crippen molar-refractivity contribution in [3.05, 3.63) is 87.7 Å². The molecule has 0 saturated heterocycles. The summed E-state index contributed by atoms with van der Waals surface area (Å²) in [6.45, 7) is 4.51. The van der Waals surface area contributed by atoms with Crippen LogP contribution in [-0.2, 0) is 6.54 Å². The molecule has 4 aromatic rings. The molecule has 2 heterocycles. The molecule has 0 unspecified atom stereocenters. The van der Waals surface area contributed by atoms with E-state index in [0.717, 1.165) is 25.9 Å². The highest BCUT2D eigenvalue weighted by Gasteiger charge is 2.22. The normalized spacial score (nSPS) is 11.0. The zero-order chi connectivity index (χ0) is 19.7. The molecule has 0 aliphatic heterocycles. The molecular weight excluding hydrogens is 434 g/mol. The number of rotatable bonds is 4. The number of carbonyl (C=O) groups excluding carboxylic acids is 1. The molecule has 4 rings (SSSR count). The molecule has 0 aliphatic rings. The summed E-state index contributed by atoms with van der Waals surface area (Å²) in [6.07, 6.45) is 1.74. The first kappa shape index (κ1) is 18.8. The first-order valence-corrected chi connectivity index (χ1v) is 10.5. The number of pyridine rings is 1. The second-order valence-corrected chi connectivity index (χ2v) is 8.49. The quantitative estimate of drug-likeness (QED) is 0.386. The number of fused-ring (bicyclic) bond motifs is 1. The highest BCUT2D eigenvalue weighted by Crippen LogP contribution is 2.33. The van der Waals surface area contributed by atoms with Gasteiger partial charge in [-0.1, -0.05) is 39.4 Å². The van der Waals surface area contributed by atoms with Crippen molar-refractivity contribution in [2.75, 3.05) is 4.90 Å². The van der Waals surface area contributed by atoms with Gasteiger partial charge >= 0.3 is 0 Å². The Kier molecular flexibility index (Phi) is 5.24. The van der Waals surface area contributed by atoms with Crippen molar-refractivity contribution in [2.45, 2.75) is 20.4 Å². The maximum Gasteiger partial charge on any atom is 0.260 e. The maximum atomic E-state index is 13.3. The van der Waals surface area contributed by atoms with Gasteiger partial charge in [0.1, 0.15) is 0 Å². The van der Waals surface area contributed by atoms with E-state index in [-0.39, 0.29) is 5.91 Å². The Balaban J connectivity index is 1.79. The number of halogens is 1. The lowest BCUT2D eigenvalue weighted by atomic mass is 10.1. The minimum absolute atomic E-state index is 0.0911. The van der Waals surface area contributed by atoms with Gasteiger partial charge in [-0.25, -0.2) is 4.98 Å². The highest BCUT2D eigenvalue weighted by atomic mass is 79.9. The third-order valence-corrected chi connectivity index (χ3v) is 6.26. The van der Waals surface area contributed by atoms with E-state index in [1.165, 1.54) is 16.9 Å². The summed E-state index contributed by atoms with van der Waals surface area (Å²) in [6, 6.07) is 17.3. The Morgan fingerprint density at radius 3 is 2.57 bits per heavy atom. The number of hydrogen-bond donors (Lipinski definition) is 0. The van der Waals surface area contributed by atoms with E-state index >= 15 is 0 Å². The average Bonchev–Trinajstić information content (AvgIpc) is 3.15. The minimum Gasteiger partial charge on any atom is -0.278 e. The van der Waals surface area contributed by atoms with Crippen LogP contribution in [0.3, 0.4) is 0 Å². The molecule has 6 heteroatoms. The van der Waals surface area contributed by atoms with Crippen LogP contribution in [-0.4, -0.2) is 15.9 Å². The number of amides is 1.